The molecule has 120 valence electrons. The third-order valence-electron chi connectivity index (χ3n) is 4.54. The highest BCUT2D eigenvalue weighted by atomic mass is 16.7. The standard InChI is InChI=1S/C17H24N2O3/c1-14-4-2-3-5-15(14)12-18-13-16(20)19-8-6-17(7-9-19)21-10-11-22-17/h2-5,18H,6-13H2,1H3. The van der Waals surface area contributed by atoms with Crippen molar-refractivity contribution in [3.63, 3.8) is 0 Å². The molecule has 1 spiro atoms. The van der Waals surface area contributed by atoms with Crippen LogP contribution in [0, 0.1) is 6.92 Å². The molecule has 1 aromatic rings. The number of amides is 1. The van der Waals surface area contributed by atoms with E-state index in [-0.39, 0.29) is 5.91 Å². The predicted molar refractivity (Wildman–Crippen MR) is 83.3 cm³/mol. The van der Waals surface area contributed by atoms with E-state index in [0.29, 0.717) is 32.8 Å². The molecule has 2 fully saturated rings. The van der Waals surface area contributed by atoms with Gasteiger partial charge in [-0.05, 0) is 18.1 Å². The maximum Gasteiger partial charge on any atom is 0.236 e. The molecule has 0 radical (unpaired) electrons. The molecule has 1 aromatic carbocycles. The number of rotatable bonds is 4. The van der Waals surface area contributed by atoms with Gasteiger partial charge in [0.1, 0.15) is 0 Å². The van der Waals surface area contributed by atoms with Crippen molar-refractivity contribution in [1.29, 1.82) is 0 Å². The van der Waals surface area contributed by atoms with Gasteiger partial charge in [-0.2, -0.15) is 0 Å². The average Bonchev–Trinajstić information content (AvgIpc) is 2.98. The Balaban J connectivity index is 1.42. The lowest BCUT2D eigenvalue weighted by atomic mass is 10.0. The maximum atomic E-state index is 12.3. The van der Waals surface area contributed by atoms with Gasteiger partial charge in [-0.25, -0.2) is 0 Å². The van der Waals surface area contributed by atoms with Crippen LogP contribution in [-0.2, 0) is 20.8 Å². The molecule has 0 saturated carbocycles. The molecule has 2 saturated heterocycles. The molecule has 1 amide bonds. The average molecular weight is 304 g/mol. The number of aryl methyl sites for hydroxylation is 1. The van der Waals surface area contributed by atoms with Crippen molar-refractivity contribution in [2.75, 3.05) is 32.8 Å². The van der Waals surface area contributed by atoms with E-state index in [2.05, 4.69) is 24.4 Å². The third kappa shape index (κ3) is 3.48. The quantitative estimate of drug-likeness (QED) is 0.915. The van der Waals surface area contributed by atoms with Gasteiger partial charge < -0.3 is 19.7 Å². The number of nitrogens with one attached hydrogen (secondary N) is 1. The van der Waals surface area contributed by atoms with Crippen LogP contribution < -0.4 is 5.32 Å². The number of benzene rings is 1. The summed E-state index contributed by atoms with van der Waals surface area (Å²) < 4.78 is 11.4. The number of hydrogen-bond acceptors (Lipinski definition) is 4. The number of piperidine rings is 1. The van der Waals surface area contributed by atoms with Crippen LogP contribution in [0.1, 0.15) is 24.0 Å². The highest BCUT2D eigenvalue weighted by Crippen LogP contribution is 2.31. The normalized spacial score (nSPS) is 20.5. The largest absolute Gasteiger partial charge is 0.347 e. The summed E-state index contributed by atoms with van der Waals surface area (Å²) in [6.07, 6.45) is 1.55. The van der Waals surface area contributed by atoms with Crippen LogP contribution in [0.2, 0.25) is 0 Å². The van der Waals surface area contributed by atoms with Gasteiger partial charge in [-0.3, -0.25) is 4.79 Å². The van der Waals surface area contributed by atoms with Crippen molar-refractivity contribution < 1.29 is 14.3 Å². The summed E-state index contributed by atoms with van der Waals surface area (Å²) >= 11 is 0. The van der Waals surface area contributed by atoms with Crippen molar-refractivity contribution in [1.82, 2.24) is 10.2 Å². The van der Waals surface area contributed by atoms with Crippen LogP contribution >= 0.6 is 0 Å². The van der Waals surface area contributed by atoms with E-state index in [0.717, 1.165) is 19.4 Å². The Labute approximate surface area is 131 Å². The molecule has 2 aliphatic heterocycles. The monoisotopic (exact) mass is 304 g/mol. The van der Waals surface area contributed by atoms with E-state index in [1.807, 2.05) is 17.0 Å². The minimum absolute atomic E-state index is 0.154. The molecule has 3 rings (SSSR count). The molecule has 5 nitrogen and oxygen atoms in total. The van der Waals surface area contributed by atoms with Crippen molar-refractivity contribution >= 4 is 5.91 Å². The molecule has 22 heavy (non-hydrogen) atoms. The molecule has 0 unspecified atom stereocenters. The molecule has 0 atom stereocenters. The van der Waals surface area contributed by atoms with E-state index in [1.54, 1.807) is 0 Å². The topological polar surface area (TPSA) is 50.8 Å². The van der Waals surface area contributed by atoms with Crippen LogP contribution in [0.25, 0.3) is 0 Å². The molecule has 5 heteroatoms. The van der Waals surface area contributed by atoms with E-state index >= 15 is 0 Å². The van der Waals surface area contributed by atoms with Gasteiger partial charge >= 0.3 is 0 Å². The smallest absolute Gasteiger partial charge is 0.236 e. The minimum Gasteiger partial charge on any atom is -0.347 e. The molecule has 0 aliphatic carbocycles. The van der Waals surface area contributed by atoms with E-state index in [1.165, 1.54) is 11.1 Å². The lowest BCUT2D eigenvalue weighted by Gasteiger charge is -2.37. The zero-order chi connectivity index (χ0) is 15.4. The highest BCUT2D eigenvalue weighted by molar-refractivity contribution is 5.78. The number of carbonyl (C=O) groups is 1. The fraction of sp³-hybridized carbons (Fsp3) is 0.588. The van der Waals surface area contributed by atoms with Crippen LogP contribution in [0.5, 0.6) is 0 Å². The van der Waals surface area contributed by atoms with Crippen molar-refractivity contribution in [2.24, 2.45) is 0 Å². The number of likely N-dealkylation sites (tertiary alicyclic amines) is 1. The Kier molecular flexibility index (Phi) is 4.76. The van der Waals surface area contributed by atoms with Gasteiger partial charge in [0.2, 0.25) is 5.91 Å². The van der Waals surface area contributed by atoms with Crippen LogP contribution in [0.15, 0.2) is 24.3 Å². The summed E-state index contributed by atoms with van der Waals surface area (Å²) in [5, 5.41) is 3.25. The van der Waals surface area contributed by atoms with Gasteiger partial charge in [-0.1, -0.05) is 24.3 Å². The van der Waals surface area contributed by atoms with Crippen molar-refractivity contribution in [2.45, 2.75) is 32.1 Å². The first-order valence-corrected chi connectivity index (χ1v) is 7.99. The summed E-state index contributed by atoms with van der Waals surface area (Å²) in [5.41, 5.74) is 2.48. The number of hydrogen-bond donors (Lipinski definition) is 1. The van der Waals surface area contributed by atoms with Crippen LogP contribution in [0.4, 0.5) is 0 Å². The second-order valence-corrected chi connectivity index (χ2v) is 6.02. The zero-order valence-electron chi connectivity index (χ0n) is 13.1. The molecule has 2 aliphatic rings. The van der Waals surface area contributed by atoms with E-state index < -0.39 is 5.79 Å². The second kappa shape index (κ2) is 6.77. The molecule has 0 aromatic heterocycles. The summed E-state index contributed by atoms with van der Waals surface area (Å²) in [7, 11) is 0. The number of ether oxygens (including phenoxy) is 2. The Hall–Kier alpha value is -1.43. The molecule has 0 bridgehead atoms. The number of nitrogens with zero attached hydrogens (tertiary/aromatic N) is 1. The van der Waals surface area contributed by atoms with Crippen molar-refractivity contribution in [3.05, 3.63) is 35.4 Å². The first-order valence-electron chi connectivity index (χ1n) is 7.99. The fourth-order valence-electron chi connectivity index (χ4n) is 3.11. The Bertz CT molecular complexity index is 516. The Morgan fingerprint density at radius 1 is 1.23 bits per heavy atom. The lowest BCUT2D eigenvalue weighted by Crippen LogP contribution is -2.49. The first-order chi connectivity index (χ1) is 10.7. The SMILES string of the molecule is Cc1ccccc1CNCC(=O)N1CCC2(CC1)OCCO2. The summed E-state index contributed by atoms with van der Waals surface area (Å²) in [6.45, 7) is 5.96. The Morgan fingerprint density at radius 3 is 2.59 bits per heavy atom. The molecular formula is C17H24N2O3. The lowest BCUT2D eigenvalue weighted by molar-refractivity contribution is -0.187. The van der Waals surface area contributed by atoms with E-state index in [4.69, 9.17) is 9.47 Å². The van der Waals surface area contributed by atoms with Gasteiger partial charge in [-0.15, -0.1) is 0 Å². The minimum atomic E-state index is -0.411. The zero-order valence-corrected chi connectivity index (χ0v) is 13.1. The van der Waals surface area contributed by atoms with Gasteiger partial charge in [0.15, 0.2) is 5.79 Å². The van der Waals surface area contributed by atoms with E-state index in [9.17, 15) is 4.79 Å². The van der Waals surface area contributed by atoms with Crippen molar-refractivity contribution in [3.8, 4) is 0 Å². The maximum absolute atomic E-state index is 12.3. The predicted octanol–water partition coefficient (Wildman–Crippen LogP) is 1.45. The summed E-state index contributed by atoms with van der Waals surface area (Å²) in [6, 6.07) is 8.23. The second-order valence-electron chi connectivity index (χ2n) is 6.02. The third-order valence-corrected chi connectivity index (χ3v) is 4.54. The molecular weight excluding hydrogens is 280 g/mol. The van der Waals surface area contributed by atoms with Crippen LogP contribution in [0.3, 0.4) is 0 Å². The van der Waals surface area contributed by atoms with Crippen LogP contribution in [-0.4, -0.2) is 49.4 Å². The Morgan fingerprint density at radius 2 is 1.91 bits per heavy atom. The summed E-state index contributed by atoms with van der Waals surface area (Å²) in [4.78, 5) is 14.2. The fourth-order valence-corrected chi connectivity index (χ4v) is 3.11. The van der Waals surface area contributed by atoms with Gasteiger partial charge in [0, 0.05) is 32.5 Å². The molecule has 2 heterocycles. The highest BCUT2D eigenvalue weighted by Gasteiger charge is 2.40. The first kappa shape index (κ1) is 15.5. The molecule has 1 N–H and O–H groups in total. The van der Waals surface area contributed by atoms with Gasteiger partial charge in [0.05, 0.1) is 19.8 Å². The van der Waals surface area contributed by atoms with Gasteiger partial charge in [0.25, 0.3) is 0 Å². The summed E-state index contributed by atoms with van der Waals surface area (Å²) in [5.74, 6) is -0.257. The number of carbonyl (C=O) groups excluding carboxylic acids is 1.